The van der Waals surface area contributed by atoms with Gasteiger partial charge in [0.1, 0.15) is 0 Å². The van der Waals surface area contributed by atoms with E-state index in [2.05, 4.69) is 28.5 Å². The van der Waals surface area contributed by atoms with Gasteiger partial charge in [0.05, 0.1) is 32.2 Å². The number of carbonyl (C=O) groups excluding carboxylic acids is 1. The number of anilines is 1. The van der Waals surface area contributed by atoms with Crippen molar-refractivity contribution in [3.8, 4) is 0 Å². The lowest BCUT2D eigenvalue weighted by Crippen LogP contribution is -3.16. The number of benzene rings is 2. The molecule has 2 N–H and O–H groups in total. The minimum atomic E-state index is -0.0363. The molecule has 0 saturated carbocycles. The Kier molecular flexibility index (Phi) is 5.32. The summed E-state index contributed by atoms with van der Waals surface area (Å²) >= 11 is 6.10. The van der Waals surface area contributed by atoms with Crippen molar-refractivity contribution in [2.24, 2.45) is 0 Å². The van der Waals surface area contributed by atoms with Crippen LogP contribution in [0, 0.1) is 0 Å². The largest absolute Gasteiger partial charge is 0.360 e. The average molecular weight is 384 g/mol. The number of halogens is 1. The molecule has 0 aliphatic carbocycles. The number of carbonyl (C=O) groups is 1. The first-order valence-electron chi connectivity index (χ1n) is 9.34. The highest BCUT2D eigenvalue weighted by Crippen LogP contribution is 2.23. The molecule has 2 aliphatic rings. The van der Waals surface area contributed by atoms with Gasteiger partial charge in [0.25, 0.3) is 5.91 Å². The van der Waals surface area contributed by atoms with Crippen LogP contribution in [0.1, 0.15) is 11.6 Å². The summed E-state index contributed by atoms with van der Waals surface area (Å²) in [5.74, 6) is 0.125. The van der Waals surface area contributed by atoms with E-state index in [1.54, 1.807) is 5.01 Å². The molecule has 1 amide bonds. The molecular formula is C21H24ClN4O+. The molecule has 5 nitrogen and oxygen atoms in total. The first-order chi connectivity index (χ1) is 13.2. The molecule has 2 aromatic carbocycles. The molecule has 0 spiro atoms. The summed E-state index contributed by atoms with van der Waals surface area (Å²) in [6.45, 7) is 4.24. The maximum absolute atomic E-state index is 12.9. The molecule has 2 heterocycles. The second-order valence-electron chi connectivity index (χ2n) is 7.00. The molecule has 1 fully saturated rings. The van der Waals surface area contributed by atoms with Crippen molar-refractivity contribution < 1.29 is 9.69 Å². The van der Waals surface area contributed by atoms with Crippen LogP contribution in [0.4, 0.5) is 5.69 Å². The summed E-state index contributed by atoms with van der Waals surface area (Å²) in [5, 5.41) is 2.50. The highest BCUT2D eigenvalue weighted by Gasteiger charge is 2.30. The number of rotatable bonds is 4. The van der Waals surface area contributed by atoms with Crippen molar-refractivity contribution >= 4 is 23.2 Å². The van der Waals surface area contributed by atoms with Crippen LogP contribution in [-0.4, -0.2) is 43.6 Å². The Morgan fingerprint density at radius 1 is 1.11 bits per heavy atom. The molecule has 4 rings (SSSR count). The Morgan fingerprint density at radius 2 is 1.89 bits per heavy atom. The van der Waals surface area contributed by atoms with Crippen molar-refractivity contribution in [1.82, 2.24) is 10.4 Å². The fourth-order valence-corrected chi connectivity index (χ4v) is 3.93. The SMILES string of the molecule is O=C(C[NH+]1CCN(c2cccc(Cl)c2)CC1)N1NC=C[C@H]1c1ccccc1. The molecular weight excluding hydrogens is 360 g/mol. The zero-order chi connectivity index (χ0) is 18.6. The Balaban J connectivity index is 1.33. The van der Waals surface area contributed by atoms with E-state index in [9.17, 15) is 4.79 Å². The van der Waals surface area contributed by atoms with E-state index in [0.717, 1.165) is 42.5 Å². The molecule has 1 saturated heterocycles. The van der Waals surface area contributed by atoms with Gasteiger partial charge < -0.3 is 15.2 Å². The van der Waals surface area contributed by atoms with Gasteiger partial charge in [-0.15, -0.1) is 0 Å². The second-order valence-corrected chi connectivity index (χ2v) is 7.44. The number of hydrogen-bond donors (Lipinski definition) is 2. The molecule has 0 bridgehead atoms. The van der Waals surface area contributed by atoms with Crippen LogP contribution >= 0.6 is 11.6 Å². The van der Waals surface area contributed by atoms with E-state index in [1.165, 1.54) is 4.90 Å². The molecule has 1 atom stereocenters. The van der Waals surface area contributed by atoms with E-state index >= 15 is 0 Å². The lowest BCUT2D eigenvalue weighted by atomic mass is 10.1. The van der Waals surface area contributed by atoms with Crippen molar-refractivity contribution in [3.05, 3.63) is 77.5 Å². The average Bonchev–Trinajstić information content (AvgIpc) is 3.19. The number of nitrogens with one attached hydrogen (secondary N) is 2. The quantitative estimate of drug-likeness (QED) is 0.843. The molecule has 27 heavy (non-hydrogen) atoms. The molecule has 0 aromatic heterocycles. The Hall–Kier alpha value is -2.50. The number of amides is 1. The van der Waals surface area contributed by atoms with E-state index in [1.807, 2.05) is 48.7 Å². The number of hydrazine groups is 1. The highest BCUT2D eigenvalue weighted by atomic mass is 35.5. The van der Waals surface area contributed by atoms with Crippen molar-refractivity contribution in [2.75, 3.05) is 37.6 Å². The fraction of sp³-hybridized carbons (Fsp3) is 0.286. The third-order valence-electron chi connectivity index (χ3n) is 5.23. The first kappa shape index (κ1) is 17.9. The van der Waals surface area contributed by atoms with Crippen molar-refractivity contribution in [3.63, 3.8) is 0 Å². The predicted molar refractivity (Wildman–Crippen MR) is 108 cm³/mol. The second kappa shape index (κ2) is 8.03. The van der Waals surface area contributed by atoms with Crippen LogP contribution in [0.3, 0.4) is 0 Å². The van der Waals surface area contributed by atoms with Gasteiger partial charge >= 0.3 is 0 Å². The minimum Gasteiger partial charge on any atom is -0.360 e. The fourth-order valence-electron chi connectivity index (χ4n) is 3.75. The Bertz CT molecular complexity index is 818. The first-order valence-corrected chi connectivity index (χ1v) is 9.72. The highest BCUT2D eigenvalue weighted by molar-refractivity contribution is 6.30. The molecule has 2 aromatic rings. The zero-order valence-corrected chi connectivity index (χ0v) is 15.9. The third kappa shape index (κ3) is 4.10. The molecule has 0 unspecified atom stereocenters. The monoisotopic (exact) mass is 383 g/mol. The third-order valence-corrected chi connectivity index (χ3v) is 5.46. The summed E-state index contributed by atoms with van der Waals surface area (Å²) < 4.78 is 0. The summed E-state index contributed by atoms with van der Waals surface area (Å²) in [6, 6.07) is 18.0. The van der Waals surface area contributed by atoms with Gasteiger partial charge in [0.15, 0.2) is 6.54 Å². The van der Waals surface area contributed by atoms with Gasteiger partial charge in [-0.25, -0.2) is 5.01 Å². The van der Waals surface area contributed by atoms with Crippen LogP contribution in [0.2, 0.25) is 5.02 Å². The molecule has 2 aliphatic heterocycles. The van der Waals surface area contributed by atoms with E-state index in [-0.39, 0.29) is 11.9 Å². The maximum Gasteiger partial charge on any atom is 0.296 e. The number of piperazine rings is 1. The number of hydrogen-bond acceptors (Lipinski definition) is 3. The van der Waals surface area contributed by atoms with Gasteiger partial charge in [-0.05, 0) is 29.8 Å². The van der Waals surface area contributed by atoms with E-state index in [0.29, 0.717) is 6.54 Å². The molecule has 6 heteroatoms. The summed E-state index contributed by atoms with van der Waals surface area (Å²) in [4.78, 5) is 16.5. The minimum absolute atomic E-state index is 0.0363. The molecule has 140 valence electrons. The predicted octanol–water partition coefficient (Wildman–Crippen LogP) is 1.65. The van der Waals surface area contributed by atoms with Gasteiger partial charge in [-0.1, -0.05) is 48.0 Å². The smallest absolute Gasteiger partial charge is 0.296 e. The number of quaternary nitrogens is 1. The lowest BCUT2D eigenvalue weighted by Gasteiger charge is -2.34. The normalized spacial score (nSPS) is 20.0. The summed E-state index contributed by atoms with van der Waals surface area (Å²) in [5.41, 5.74) is 5.37. The zero-order valence-electron chi connectivity index (χ0n) is 15.1. The summed E-state index contributed by atoms with van der Waals surface area (Å²) in [6.07, 6.45) is 3.88. The van der Waals surface area contributed by atoms with Crippen LogP contribution in [-0.2, 0) is 4.79 Å². The van der Waals surface area contributed by atoms with Gasteiger partial charge in [0.2, 0.25) is 0 Å². The van der Waals surface area contributed by atoms with Crippen LogP contribution in [0.15, 0.2) is 66.9 Å². The van der Waals surface area contributed by atoms with Crippen molar-refractivity contribution in [1.29, 1.82) is 0 Å². The van der Waals surface area contributed by atoms with Crippen LogP contribution in [0.25, 0.3) is 0 Å². The lowest BCUT2D eigenvalue weighted by molar-refractivity contribution is -0.892. The van der Waals surface area contributed by atoms with E-state index < -0.39 is 0 Å². The van der Waals surface area contributed by atoms with Gasteiger partial charge in [0, 0.05) is 16.9 Å². The van der Waals surface area contributed by atoms with Crippen LogP contribution in [0.5, 0.6) is 0 Å². The van der Waals surface area contributed by atoms with Gasteiger partial charge in [-0.3, -0.25) is 4.79 Å². The van der Waals surface area contributed by atoms with Crippen molar-refractivity contribution in [2.45, 2.75) is 6.04 Å². The topological polar surface area (TPSA) is 40.0 Å². The maximum atomic E-state index is 12.9. The molecule has 0 radical (unpaired) electrons. The van der Waals surface area contributed by atoms with Crippen LogP contribution < -0.4 is 15.2 Å². The van der Waals surface area contributed by atoms with Gasteiger partial charge in [-0.2, -0.15) is 0 Å². The Morgan fingerprint density at radius 3 is 2.63 bits per heavy atom. The van der Waals surface area contributed by atoms with E-state index in [4.69, 9.17) is 11.6 Å². The summed E-state index contributed by atoms with van der Waals surface area (Å²) in [7, 11) is 0. The number of nitrogens with zero attached hydrogens (tertiary/aromatic N) is 2. The standard InChI is InChI=1S/C21H23ClN4O/c22-18-7-4-8-19(15-18)25-13-11-24(12-14-25)16-21(27)26-20(9-10-23-26)17-5-2-1-3-6-17/h1-10,15,20,23H,11-14,16H2/p+1/t20-/m0/s1. The Labute approximate surface area is 164 Å².